The molecule has 0 saturated heterocycles. The fourth-order valence-corrected chi connectivity index (χ4v) is 4.72. The Bertz CT molecular complexity index is 1550. The van der Waals surface area contributed by atoms with Gasteiger partial charge in [-0.2, -0.15) is 0 Å². The van der Waals surface area contributed by atoms with Gasteiger partial charge in [0.05, 0.1) is 6.54 Å². The summed E-state index contributed by atoms with van der Waals surface area (Å²) in [6.07, 6.45) is 14.7. The van der Waals surface area contributed by atoms with E-state index in [0.717, 1.165) is 52.2 Å². The second-order valence-electron chi connectivity index (χ2n) is 10.5. The second kappa shape index (κ2) is 15.9. The lowest BCUT2D eigenvalue weighted by atomic mass is 10.1. The Kier molecular flexibility index (Phi) is 11.5. The van der Waals surface area contributed by atoms with Crippen molar-refractivity contribution in [3.63, 3.8) is 0 Å². The molecule has 220 valence electrons. The number of ether oxygens (including phenoxy) is 1. The molecule has 1 aliphatic rings. The van der Waals surface area contributed by atoms with E-state index in [4.69, 9.17) is 4.74 Å². The minimum absolute atomic E-state index is 0.0424. The number of carbonyl (C=O) groups excluding carboxylic acids is 2. The molecule has 5 heteroatoms. The van der Waals surface area contributed by atoms with Crippen LogP contribution in [-0.2, 0) is 9.59 Å². The monoisotopic (exact) mass is 572 g/mol. The third-order valence-corrected chi connectivity index (χ3v) is 7.05. The number of anilines is 1. The molecule has 0 radical (unpaired) electrons. The van der Waals surface area contributed by atoms with E-state index in [1.807, 2.05) is 105 Å². The minimum atomic E-state index is -0.160. The average molecular weight is 573 g/mol. The van der Waals surface area contributed by atoms with Crippen LogP contribution in [0.1, 0.15) is 36.5 Å². The zero-order chi connectivity index (χ0) is 30.4. The van der Waals surface area contributed by atoms with Gasteiger partial charge >= 0.3 is 0 Å². The standard InChI is InChI=1S/C38H40N2O3/c1-4-25-39-34(17-12-20-36(41)33-16-11-15-32(22-23-33)31-13-7-5-8-14-31)27-40(35-18-9-6-10-19-35)38(42)28-43-37-24-21-29(2)26-30(37)3/h5-15,17-24,26,39H,4,16,25,27-28H2,1-3H3/b20-12+,34-17-. The van der Waals surface area contributed by atoms with Crippen LogP contribution in [0.15, 0.2) is 133 Å². The topological polar surface area (TPSA) is 58.6 Å². The van der Waals surface area contributed by atoms with Crippen molar-refractivity contribution in [3.8, 4) is 5.75 Å². The molecule has 0 heterocycles. The highest BCUT2D eigenvalue weighted by Crippen LogP contribution is 2.22. The van der Waals surface area contributed by atoms with Gasteiger partial charge in [-0.25, -0.2) is 0 Å². The molecule has 1 amide bonds. The number of nitrogens with one attached hydrogen (secondary N) is 1. The Morgan fingerprint density at radius 1 is 0.953 bits per heavy atom. The van der Waals surface area contributed by atoms with Crippen molar-refractivity contribution < 1.29 is 14.3 Å². The van der Waals surface area contributed by atoms with Crippen LogP contribution in [0.2, 0.25) is 0 Å². The molecular formula is C38H40N2O3. The van der Waals surface area contributed by atoms with E-state index >= 15 is 0 Å². The molecule has 1 aliphatic carbocycles. The van der Waals surface area contributed by atoms with Crippen molar-refractivity contribution in [2.75, 3.05) is 24.6 Å². The molecule has 43 heavy (non-hydrogen) atoms. The van der Waals surface area contributed by atoms with Crippen LogP contribution in [0.3, 0.4) is 0 Å². The van der Waals surface area contributed by atoms with E-state index in [2.05, 4.69) is 30.4 Å². The summed E-state index contributed by atoms with van der Waals surface area (Å²) in [5.74, 6) is 0.493. The third kappa shape index (κ3) is 9.30. The zero-order valence-corrected chi connectivity index (χ0v) is 25.3. The van der Waals surface area contributed by atoms with Gasteiger partial charge in [-0.1, -0.05) is 104 Å². The van der Waals surface area contributed by atoms with E-state index in [1.165, 1.54) is 0 Å². The summed E-state index contributed by atoms with van der Waals surface area (Å²) in [4.78, 5) is 28.3. The molecule has 0 unspecified atom stereocenters. The highest BCUT2D eigenvalue weighted by molar-refractivity contribution is 6.05. The first-order valence-corrected chi connectivity index (χ1v) is 14.8. The van der Waals surface area contributed by atoms with Gasteiger partial charge in [-0.3, -0.25) is 9.59 Å². The minimum Gasteiger partial charge on any atom is -0.483 e. The number of amides is 1. The van der Waals surface area contributed by atoms with E-state index in [0.29, 0.717) is 18.7 Å². The Morgan fingerprint density at radius 3 is 2.42 bits per heavy atom. The largest absolute Gasteiger partial charge is 0.483 e. The summed E-state index contributed by atoms with van der Waals surface area (Å²) in [5, 5.41) is 3.43. The number of ketones is 1. The van der Waals surface area contributed by atoms with Crippen LogP contribution in [0.25, 0.3) is 5.57 Å². The summed E-state index contributed by atoms with van der Waals surface area (Å²) >= 11 is 0. The predicted octanol–water partition coefficient (Wildman–Crippen LogP) is 7.69. The van der Waals surface area contributed by atoms with E-state index in [-0.39, 0.29) is 18.3 Å². The average Bonchev–Trinajstić information content (AvgIpc) is 3.29. The molecule has 0 aromatic heterocycles. The third-order valence-electron chi connectivity index (χ3n) is 7.05. The molecule has 4 rings (SSSR count). The number of nitrogens with zero attached hydrogens (tertiary/aromatic N) is 1. The van der Waals surface area contributed by atoms with Crippen molar-refractivity contribution in [2.45, 2.75) is 33.6 Å². The van der Waals surface area contributed by atoms with E-state index in [9.17, 15) is 9.59 Å². The molecule has 0 bridgehead atoms. The van der Waals surface area contributed by atoms with Crippen molar-refractivity contribution in [3.05, 3.63) is 149 Å². The summed E-state index contributed by atoms with van der Waals surface area (Å²) in [5.41, 5.74) is 6.65. The van der Waals surface area contributed by atoms with Crippen LogP contribution in [0.4, 0.5) is 5.69 Å². The number of allylic oxidation sites excluding steroid dienone is 9. The highest BCUT2D eigenvalue weighted by Gasteiger charge is 2.18. The van der Waals surface area contributed by atoms with Crippen LogP contribution < -0.4 is 15.0 Å². The SMILES string of the molecule is CCCN/C(=C\C=C\C(=O)C1=CC=C(c2ccccc2)C=CC1)CN(C(=O)COc1ccc(C)cc1C)c1ccccc1. The predicted molar refractivity (Wildman–Crippen MR) is 177 cm³/mol. The maximum Gasteiger partial charge on any atom is 0.265 e. The molecule has 0 spiro atoms. The van der Waals surface area contributed by atoms with Gasteiger partial charge in [0.2, 0.25) is 0 Å². The first-order chi connectivity index (χ1) is 20.9. The van der Waals surface area contributed by atoms with E-state index in [1.54, 1.807) is 17.1 Å². The van der Waals surface area contributed by atoms with Gasteiger partial charge in [0.1, 0.15) is 5.75 Å². The zero-order valence-electron chi connectivity index (χ0n) is 25.3. The number of hydrogen-bond acceptors (Lipinski definition) is 4. The lowest BCUT2D eigenvalue weighted by Crippen LogP contribution is -2.39. The van der Waals surface area contributed by atoms with Crippen molar-refractivity contribution in [2.24, 2.45) is 0 Å². The Hall–Kier alpha value is -4.90. The number of benzene rings is 3. The Balaban J connectivity index is 1.49. The quantitative estimate of drug-likeness (QED) is 0.168. The molecule has 0 saturated carbocycles. The fraction of sp³-hybridized carbons (Fsp3) is 0.211. The summed E-state index contributed by atoms with van der Waals surface area (Å²) < 4.78 is 5.94. The smallest absolute Gasteiger partial charge is 0.265 e. The summed E-state index contributed by atoms with van der Waals surface area (Å²) in [7, 11) is 0. The Morgan fingerprint density at radius 2 is 1.70 bits per heavy atom. The molecule has 5 nitrogen and oxygen atoms in total. The molecule has 0 aliphatic heterocycles. The number of aryl methyl sites for hydroxylation is 2. The molecule has 3 aromatic rings. The first-order valence-electron chi connectivity index (χ1n) is 14.8. The van der Waals surface area contributed by atoms with Crippen LogP contribution in [0.5, 0.6) is 5.75 Å². The molecular weight excluding hydrogens is 532 g/mol. The number of carbonyl (C=O) groups is 2. The first kappa shape index (κ1) is 31.0. The highest BCUT2D eigenvalue weighted by atomic mass is 16.5. The van der Waals surface area contributed by atoms with Gasteiger partial charge in [0.25, 0.3) is 5.91 Å². The number of para-hydroxylation sites is 1. The normalized spacial score (nSPS) is 13.2. The van der Waals surface area contributed by atoms with Crippen LogP contribution in [0, 0.1) is 13.8 Å². The maximum absolute atomic E-state index is 13.5. The van der Waals surface area contributed by atoms with Gasteiger partial charge in [-0.15, -0.1) is 0 Å². The summed E-state index contributed by atoms with van der Waals surface area (Å²) in [6.45, 7) is 7.06. The van der Waals surface area contributed by atoms with Gasteiger partial charge < -0.3 is 15.0 Å². The summed E-state index contributed by atoms with van der Waals surface area (Å²) in [6, 6.07) is 25.6. The second-order valence-corrected chi connectivity index (χ2v) is 10.5. The fourth-order valence-electron chi connectivity index (χ4n) is 4.72. The number of hydrogen-bond donors (Lipinski definition) is 1. The molecule has 3 aromatic carbocycles. The van der Waals surface area contributed by atoms with Gasteiger partial charge in [0.15, 0.2) is 12.4 Å². The van der Waals surface area contributed by atoms with Crippen LogP contribution in [-0.4, -0.2) is 31.4 Å². The van der Waals surface area contributed by atoms with Crippen molar-refractivity contribution in [1.29, 1.82) is 0 Å². The molecule has 0 fully saturated rings. The Labute approximate surface area is 255 Å². The van der Waals surface area contributed by atoms with Crippen LogP contribution >= 0.6 is 0 Å². The molecule has 1 N–H and O–H groups in total. The van der Waals surface area contributed by atoms with E-state index < -0.39 is 0 Å². The number of rotatable bonds is 13. The van der Waals surface area contributed by atoms with Gasteiger partial charge in [-0.05, 0) is 73.7 Å². The lowest BCUT2D eigenvalue weighted by molar-refractivity contribution is -0.120. The molecule has 0 atom stereocenters. The van der Waals surface area contributed by atoms with Crippen molar-refractivity contribution in [1.82, 2.24) is 5.32 Å². The van der Waals surface area contributed by atoms with Gasteiger partial charge in [0, 0.05) is 23.5 Å². The lowest BCUT2D eigenvalue weighted by Gasteiger charge is -2.25. The van der Waals surface area contributed by atoms with Crippen molar-refractivity contribution >= 4 is 23.0 Å². The maximum atomic E-state index is 13.5.